The summed E-state index contributed by atoms with van der Waals surface area (Å²) in [5.41, 5.74) is 4.63. The van der Waals surface area contributed by atoms with Crippen LogP contribution in [0.4, 0.5) is 5.82 Å². The van der Waals surface area contributed by atoms with Gasteiger partial charge in [0.2, 0.25) is 0 Å². The fourth-order valence-electron chi connectivity index (χ4n) is 1.73. The monoisotopic (exact) mass is 243 g/mol. The first-order valence-corrected chi connectivity index (χ1v) is 5.01. The van der Waals surface area contributed by atoms with Gasteiger partial charge in [-0.15, -0.1) is 0 Å². The summed E-state index contributed by atoms with van der Waals surface area (Å²) in [4.78, 5) is 15.0. The highest BCUT2D eigenvalue weighted by atomic mass is 16.6. The Hall–Kier alpha value is -1.48. The molecule has 1 aromatic rings. The molecule has 0 amide bonds. The molecular formula is C9H13N3O5. The van der Waals surface area contributed by atoms with Crippen molar-refractivity contribution >= 4 is 5.82 Å². The molecule has 0 aliphatic carbocycles. The maximum absolute atomic E-state index is 11.5. The van der Waals surface area contributed by atoms with Crippen LogP contribution >= 0.6 is 0 Å². The molecule has 94 valence electrons. The number of aliphatic hydroxyl groups is 3. The van der Waals surface area contributed by atoms with Crippen LogP contribution in [0.25, 0.3) is 0 Å². The minimum absolute atomic E-state index is 0.0537. The van der Waals surface area contributed by atoms with Gasteiger partial charge in [-0.1, -0.05) is 0 Å². The van der Waals surface area contributed by atoms with Crippen molar-refractivity contribution in [3.63, 3.8) is 0 Å². The van der Waals surface area contributed by atoms with Crippen LogP contribution in [0.15, 0.2) is 17.1 Å². The smallest absolute Gasteiger partial charge is 0.351 e. The first-order valence-electron chi connectivity index (χ1n) is 5.01. The summed E-state index contributed by atoms with van der Waals surface area (Å²) in [5, 5.41) is 28.2. The van der Waals surface area contributed by atoms with E-state index in [1.807, 2.05) is 0 Å². The summed E-state index contributed by atoms with van der Waals surface area (Å²) in [6.07, 6.45) is -3.27. The number of rotatable bonds is 2. The first kappa shape index (κ1) is 12.0. The lowest BCUT2D eigenvalue weighted by Gasteiger charge is -2.16. The van der Waals surface area contributed by atoms with Crippen LogP contribution in [0.1, 0.15) is 6.23 Å². The van der Waals surface area contributed by atoms with E-state index in [4.69, 9.17) is 15.6 Å². The predicted octanol–water partition coefficient (Wildman–Crippen LogP) is -2.56. The molecule has 8 heteroatoms. The highest BCUT2D eigenvalue weighted by molar-refractivity contribution is 5.23. The van der Waals surface area contributed by atoms with E-state index in [9.17, 15) is 15.0 Å². The van der Waals surface area contributed by atoms with Crippen LogP contribution in [0.3, 0.4) is 0 Å². The van der Waals surface area contributed by atoms with E-state index < -0.39 is 36.8 Å². The summed E-state index contributed by atoms with van der Waals surface area (Å²) >= 11 is 0. The van der Waals surface area contributed by atoms with Crippen LogP contribution in [-0.4, -0.2) is 49.8 Å². The van der Waals surface area contributed by atoms with Crippen LogP contribution in [0.5, 0.6) is 0 Å². The lowest BCUT2D eigenvalue weighted by atomic mass is 10.1. The molecule has 1 saturated heterocycles. The zero-order valence-electron chi connectivity index (χ0n) is 8.80. The topological polar surface area (TPSA) is 131 Å². The first-order chi connectivity index (χ1) is 8.04. The van der Waals surface area contributed by atoms with Crippen molar-refractivity contribution in [1.29, 1.82) is 0 Å². The third-order valence-electron chi connectivity index (χ3n) is 2.64. The van der Waals surface area contributed by atoms with Gasteiger partial charge < -0.3 is 25.8 Å². The Morgan fingerprint density at radius 2 is 2.18 bits per heavy atom. The van der Waals surface area contributed by atoms with Crippen molar-refractivity contribution in [1.82, 2.24) is 9.55 Å². The van der Waals surface area contributed by atoms with E-state index in [1.165, 1.54) is 12.3 Å². The number of anilines is 1. The van der Waals surface area contributed by atoms with Crippen molar-refractivity contribution in [2.75, 3.05) is 12.3 Å². The van der Waals surface area contributed by atoms with E-state index in [-0.39, 0.29) is 5.82 Å². The number of nitrogen functional groups attached to an aromatic ring is 1. The van der Waals surface area contributed by atoms with Crippen molar-refractivity contribution in [2.45, 2.75) is 24.5 Å². The second-order valence-electron chi connectivity index (χ2n) is 3.77. The van der Waals surface area contributed by atoms with E-state index in [0.29, 0.717) is 0 Å². The van der Waals surface area contributed by atoms with Gasteiger partial charge in [0.05, 0.1) is 6.61 Å². The number of nitrogens with zero attached hydrogens (tertiary/aromatic N) is 2. The minimum atomic E-state index is -1.31. The molecule has 0 aromatic carbocycles. The average Bonchev–Trinajstić information content (AvgIpc) is 2.57. The molecule has 1 aliphatic heterocycles. The van der Waals surface area contributed by atoms with Gasteiger partial charge in [0.15, 0.2) is 6.23 Å². The quantitative estimate of drug-likeness (QED) is 0.449. The molecule has 0 radical (unpaired) electrons. The molecule has 0 bridgehead atoms. The molecule has 4 atom stereocenters. The van der Waals surface area contributed by atoms with Gasteiger partial charge in [0.1, 0.15) is 24.1 Å². The van der Waals surface area contributed by atoms with Gasteiger partial charge in [-0.25, -0.2) is 4.79 Å². The second-order valence-corrected chi connectivity index (χ2v) is 3.77. The van der Waals surface area contributed by atoms with E-state index in [2.05, 4.69) is 4.98 Å². The molecule has 5 N–H and O–H groups in total. The molecule has 17 heavy (non-hydrogen) atoms. The molecule has 2 unspecified atom stereocenters. The summed E-state index contributed by atoms with van der Waals surface area (Å²) in [5.74, 6) is 0.0537. The Balaban J connectivity index is 2.32. The Morgan fingerprint density at radius 3 is 2.71 bits per heavy atom. The molecule has 0 spiro atoms. The minimum Gasteiger partial charge on any atom is -0.394 e. The second kappa shape index (κ2) is 4.41. The Morgan fingerprint density at radius 1 is 1.47 bits per heavy atom. The number of hydrogen-bond donors (Lipinski definition) is 4. The van der Waals surface area contributed by atoms with Gasteiger partial charge >= 0.3 is 5.69 Å². The third kappa shape index (κ3) is 2.03. The van der Waals surface area contributed by atoms with E-state index in [1.54, 1.807) is 0 Å². The summed E-state index contributed by atoms with van der Waals surface area (Å²) < 4.78 is 6.19. The predicted molar refractivity (Wildman–Crippen MR) is 55.9 cm³/mol. The highest BCUT2D eigenvalue weighted by Crippen LogP contribution is 2.27. The van der Waals surface area contributed by atoms with Crippen molar-refractivity contribution < 1.29 is 20.1 Å². The fraction of sp³-hybridized carbons (Fsp3) is 0.556. The van der Waals surface area contributed by atoms with Crippen LogP contribution in [-0.2, 0) is 4.74 Å². The normalized spacial score (nSPS) is 32.9. The molecular weight excluding hydrogens is 230 g/mol. The molecule has 2 rings (SSSR count). The summed E-state index contributed by atoms with van der Waals surface area (Å²) in [6.45, 7) is -0.453. The SMILES string of the molecule is Nc1ccn([C@H]2OC(CO)C(O)[C@@H]2O)c(=O)n1. The van der Waals surface area contributed by atoms with Gasteiger partial charge in [-0.3, -0.25) is 4.57 Å². The third-order valence-corrected chi connectivity index (χ3v) is 2.64. The number of nitrogens with two attached hydrogens (primary N) is 1. The molecule has 2 heterocycles. The fourth-order valence-corrected chi connectivity index (χ4v) is 1.73. The number of aromatic nitrogens is 2. The number of hydrogen-bond acceptors (Lipinski definition) is 7. The molecule has 1 aliphatic rings. The van der Waals surface area contributed by atoms with Gasteiger partial charge in [0.25, 0.3) is 0 Å². The molecule has 0 saturated carbocycles. The zero-order chi connectivity index (χ0) is 12.6. The van der Waals surface area contributed by atoms with Gasteiger partial charge in [-0.2, -0.15) is 4.98 Å². The van der Waals surface area contributed by atoms with Crippen LogP contribution < -0.4 is 11.4 Å². The Kier molecular flexibility index (Phi) is 3.11. The maximum Gasteiger partial charge on any atom is 0.351 e. The largest absolute Gasteiger partial charge is 0.394 e. The molecule has 8 nitrogen and oxygen atoms in total. The van der Waals surface area contributed by atoms with Gasteiger partial charge in [-0.05, 0) is 6.07 Å². The summed E-state index contributed by atoms with van der Waals surface area (Å²) in [7, 11) is 0. The van der Waals surface area contributed by atoms with Crippen molar-refractivity contribution in [2.24, 2.45) is 0 Å². The van der Waals surface area contributed by atoms with Gasteiger partial charge in [0, 0.05) is 6.20 Å². The van der Waals surface area contributed by atoms with E-state index >= 15 is 0 Å². The van der Waals surface area contributed by atoms with Crippen LogP contribution in [0.2, 0.25) is 0 Å². The molecule has 1 aromatic heterocycles. The average molecular weight is 243 g/mol. The summed E-state index contributed by atoms with van der Waals surface area (Å²) in [6, 6.07) is 1.37. The van der Waals surface area contributed by atoms with Crippen molar-refractivity contribution in [3.05, 3.63) is 22.7 Å². The lowest BCUT2D eigenvalue weighted by Crippen LogP contribution is -2.36. The van der Waals surface area contributed by atoms with E-state index in [0.717, 1.165) is 4.57 Å². The maximum atomic E-state index is 11.5. The van der Waals surface area contributed by atoms with Crippen molar-refractivity contribution in [3.8, 4) is 0 Å². The zero-order valence-corrected chi connectivity index (χ0v) is 8.80. The van der Waals surface area contributed by atoms with Crippen LogP contribution in [0, 0.1) is 0 Å². The lowest BCUT2D eigenvalue weighted by molar-refractivity contribution is -0.0549. The standard InChI is InChI=1S/C9H13N3O5/c10-5-1-2-12(9(16)11-5)8-7(15)6(14)4(3-13)17-8/h1-2,4,6-8,13-15H,3H2,(H2,10,11,16)/t4?,6?,7-,8-/m0/s1. The number of ether oxygens (including phenoxy) is 1. The number of aliphatic hydroxyl groups excluding tert-OH is 3. The Bertz CT molecular complexity index is 462. The highest BCUT2D eigenvalue weighted by Gasteiger charge is 2.43. The Labute approximate surface area is 95.9 Å². The molecule has 1 fully saturated rings.